The number of rotatable bonds is 6. The fraction of sp³-hybridized carbons (Fsp3) is 0.875. The molecule has 0 unspecified atom stereocenters. The second kappa shape index (κ2) is 9.47. The lowest BCUT2D eigenvalue weighted by molar-refractivity contribution is -0.138. The van der Waals surface area contributed by atoms with E-state index in [4.69, 9.17) is 8.92 Å². The lowest BCUT2D eigenvalue weighted by Crippen LogP contribution is -2.57. The first-order valence-corrected chi connectivity index (χ1v) is 11.5. The van der Waals surface area contributed by atoms with Crippen LogP contribution in [0.3, 0.4) is 0 Å². The molecule has 1 saturated heterocycles. The van der Waals surface area contributed by atoms with E-state index in [-0.39, 0.29) is 5.91 Å². The zero-order chi connectivity index (χ0) is 18.4. The number of piperidine rings is 1. The first-order valence-electron chi connectivity index (χ1n) is 8.26. The molecule has 0 saturated carbocycles. The average Bonchev–Trinajstić information content (AvgIpc) is 2.45. The number of hydrogen-bond acceptors (Lipinski definition) is 5. The Morgan fingerprint density at radius 3 is 2.29 bits per heavy atom. The van der Waals surface area contributed by atoms with Crippen molar-refractivity contribution in [2.45, 2.75) is 65.0 Å². The van der Waals surface area contributed by atoms with Crippen LogP contribution in [0, 0.1) is 5.92 Å². The fourth-order valence-electron chi connectivity index (χ4n) is 2.68. The van der Waals surface area contributed by atoms with Crippen LogP contribution in [0.2, 0.25) is 0 Å². The molecule has 1 fully saturated rings. The summed E-state index contributed by atoms with van der Waals surface area (Å²) in [6, 6.07) is 0. The zero-order valence-electron chi connectivity index (χ0n) is 15.2. The molecular weight excluding hydrogens is 443 g/mol. The number of ether oxygens (including phenoxy) is 1. The standard InChI is InChI=1S/C16H29IN2O4S/c1-15(2,3)23-14(21)18-16(4,5)13(20)19-9-6-12(7-10-19)8-11-22-24-17/h12H,6-11H2,1-5H3,(H,18,21). The van der Waals surface area contributed by atoms with Gasteiger partial charge in [-0.2, -0.15) is 0 Å². The minimum Gasteiger partial charge on any atom is -0.444 e. The van der Waals surface area contributed by atoms with Crippen LogP contribution in [0.4, 0.5) is 4.79 Å². The van der Waals surface area contributed by atoms with Gasteiger partial charge in [0.2, 0.25) is 5.91 Å². The molecule has 0 radical (unpaired) electrons. The summed E-state index contributed by atoms with van der Waals surface area (Å²) in [4.78, 5) is 26.5. The molecule has 1 N–H and O–H groups in total. The van der Waals surface area contributed by atoms with Crippen molar-refractivity contribution in [3.05, 3.63) is 0 Å². The van der Waals surface area contributed by atoms with E-state index in [9.17, 15) is 9.59 Å². The Kier molecular flexibility index (Phi) is 8.61. The van der Waals surface area contributed by atoms with Crippen molar-refractivity contribution >= 4 is 42.4 Å². The largest absolute Gasteiger partial charge is 0.444 e. The smallest absolute Gasteiger partial charge is 0.408 e. The minimum absolute atomic E-state index is 0.0640. The predicted molar refractivity (Wildman–Crippen MR) is 105 cm³/mol. The van der Waals surface area contributed by atoms with E-state index in [0.29, 0.717) is 5.92 Å². The quantitative estimate of drug-likeness (QED) is 0.361. The van der Waals surface area contributed by atoms with Crippen molar-refractivity contribution in [2.24, 2.45) is 5.92 Å². The summed E-state index contributed by atoms with van der Waals surface area (Å²) in [7, 11) is 1.36. The lowest BCUT2D eigenvalue weighted by Gasteiger charge is -2.37. The van der Waals surface area contributed by atoms with Gasteiger partial charge in [-0.25, -0.2) is 4.79 Å². The molecular formula is C16H29IN2O4S. The molecule has 0 atom stereocenters. The highest BCUT2D eigenvalue weighted by atomic mass is 127. The highest BCUT2D eigenvalue weighted by molar-refractivity contribution is 14.2. The van der Waals surface area contributed by atoms with Crippen molar-refractivity contribution in [2.75, 3.05) is 19.7 Å². The molecule has 0 aromatic carbocycles. The van der Waals surface area contributed by atoms with E-state index in [0.717, 1.165) is 39.0 Å². The van der Waals surface area contributed by atoms with E-state index in [2.05, 4.69) is 26.5 Å². The van der Waals surface area contributed by atoms with Gasteiger partial charge in [0.1, 0.15) is 11.1 Å². The Morgan fingerprint density at radius 2 is 1.79 bits per heavy atom. The van der Waals surface area contributed by atoms with Crippen molar-refractivity contribution in [1.29, 1.82) is 0 Å². The average molecular weight is 472 g/mol. The Labute approximate surface area is 161 Å². The summed E-state index contributed by atoms with van der Waals surface area (Å²) in [5.41, 5.74) is -1.56. The number of likely N-dealkylation sites (tertiary alicyclic amines) is 1. The molecule has 8 heteroatoms. The topological polar surface area (TPSA) is 67.9 Å². The Balaban J connectivity index is 2.47. The molecule has 6 nitrogen and oxygen atoms in total. The van der Waals surface area contributed by atoms with Gasteiger partial charge in [0.25, 0.3) is 0 Å². The van der Waals surface area contributed by atoms with E-state index in [1.807, 2.05) is 4.90 Å². The molecule has 1 rings (SSSR count). The summed E-state index contributed by atoms with van der Waals surface area (Å²) in [5.74, 6) is 0.533. The van der Waals surface area contributed by atoms with Crippen LogP contribution in [-0.4, -0.2) is 47.7 Å². The number of amides is 2. The molecule has 1 aliphatic heterocycles. The minimum atomic E-state index is -0.976. The van der Waals surface area contributed by atoms with Crippen molar-refractivity contribution < 1.29 is 18.5 Å². The molecule has 1 heterocycles. The van der Waals surface area contributed by atoms with Crippen LogP contribution in [0.5, 0.6) is 0 Å². The Hall–Kier alpha value is -0.220. The molecule has 2 amide bonds. The monoisotopic (exact) mass is 472 g/mol. The second-order valence-electron chi connectivity index (χ2n) is 7.66. The Bertz CT molecular complexity index is 432. The Morgan fingerprint density at radius 1 is 1.21 bits per heavy atom. The number of carbonyl (C=O) groups is 2. The third-order valence-corrected chi connectivity index (χ3v) is 4.92. The van der Waals surface area contributed by atoms with Gasteiger partial charge in [0.15, 0.2) is 0 Å². The van der Waals surface area contributed by atoms with Crippen LogP contribution < -0.4 is 5.32 Å². The van der Waals surface area contributed by atoms with Crippen LogP contribution in [0.1, 0.15) is 53.9 Å². The van der Waals surface area contributed by atoms with Gasteiger partial charge in [0.05, 0.1) is 15.8 Å². The molecule has 1 aliphatic rings. The van der Waals surface area contributed by atoms with Gasteiger partial charge in [-0.15, -0.1) is 0 Å². The van der Waals surface area contributed by atoms with Gasteiger partial charge in [-0.3, -0.25) is 4.79 Å². The number of hydrogen-bond donors (Lipinski definition) is 1. The summed E-state index contributed by atoms with van der Waals surface area (Å²) in [5, 5.41) is 2.69. The van der Waals surface area contributed by atoms with Crippen molar-refractivity contribution in [3.63, 3.8) is 0 Å². The molecule has 0 spiro atoms. The molecule has 24 heavy (non-hydrogen) atoms. The molecule has 0 aromatic heterocycles. The summed E-state index contributed by atoms with van der Waals surface area (Å²) in [6.07, 6.45) is 2.41. The molecule has 0 bridgehead atoms. The van der Waals surface area contributed by atoms with Crippen molar-refractivity contribution in [1.82, 2.24) is 10.2 Å². The highest BCUT2D eigenvalue weighted by Crippen LogP contribution is 2.24. The van der Waals surface area contributed by atoms with Gasteiger partial charge in [-0.05, 0) is 59.8 Å². The summed E-state index contributed by atoms with van der Waals surface area (Å²) in [6.45, 7) is 11.0. The molecule has 0 aromatic rings. The second-order valence-corrected chi connectivity index (χ2v) is 9.10. The third kappa shape index (κ3) is 7.77. The van der Waals surface area contributed by atoms with Crippen molar-refractivity contribution in [3.8, 4) is 0 Å². The number of halogens is 1. The number of nitrogens with zero attached hydrogens (tertiary/aromatic N) is 1. The highest BCUT2D eigenvalue weighted by Gasteiger charge is 2.36. The normalized spacial score (nSPS) is 16.8. The summed E-state index contributed by atoms with van der Waals surface area (Å²) < 4.78 is 10.6. The first kappa shape index (κ1) is 21.8. The van der Waals surface area contributed by atoms with Gasteiger partial charge in [-0.1, -0.05) is 0 Å². The van der Waals surface area contributed by atoms with Crippen LogP contribution >= 0.6 is 30.4 Å². The summed E-state index contributed by atoms with van der Waals surface area (Å²) >= 11 is 2.12. The fourth-order valence-corrected chi connectivity index (χ4v) is 3.38. The molecule has 0 aliphatic carbocycles. The SMILES string of the molecule is CC(C)(C)OC(=O)NC(C)(C)C(=O)N1CCC(CCOSI)CC1. The van der Waals surface area contributed by atoms with Gasteiger partial charge < -0.3 is 19.1 Å². The maximum absolute atomic E-state index is 12.7. The number of alkyl carbamates (subject to hydrolysis) is 1. The zero-order valence-corrected chi connectivity index (χ0v) is 18.2. The third-order valence-electron chi connectivity index (χ3n) is 3.90. The lowest BCUT2D eigenvalue weighted by atomic mass is 9.92. The van der Waals surface area contributed by atoms with Crippen LogP contribution in [-0.2, 0) is 13.7 Å². The van der Waals surface area contributed by atoms with E-state index < -0.39 is 17.2 Å². The van der Waals surface area contributed by atoms with E-state index >= 15 is 0 Å². The van der Waals surface area contributed by atoms with E-state index in [1.54, 1.807) is 34.6 Å². The predicted octanol–water partition coefficient (Wildman–Crippen LogP) is 3.93. The van der Waals surface area contributed by atoms with Gasteiger partial charge >= 0.3 is 6.09 Å². The van der Waals surface area contributed by atoms with Crippen LogP contribution in [0.25, 0.3) is 0 Å². The maximum atomic E-state index is 12.7. The number of nitrogens with one attached hydrogen (secondary N) is 1. The number of carbonyl (C=O) groups excluding carboxylic acids is 2. The van der Waals surface area contributed by atoms with Crippen LogP contribution in [0.15, 0.2) is 0 Å². The molecule has 140 valence electrons. The maximum Gasteiger partial charge on any atom is 0.408 e. The van der Waals surface area contributed by atoms with E-state index in [1.165, 1.54) is 9.21 Å². The first-order chi connectivity index (χ1) is 11.0. The van der Waals surface area contributed by atoms with Gasteiger partial charge in [0, 0.05) is 34.3 Å².